The zero-order chi connectivity index (χ0) is 23.8. The summed E-state index contributed by atoms with van der Waals surface area (Å²) in [6, 6.07) is 30.0. The zero-order valence-electron chi connectivity index (χ0n) is 18.3. The summed E-state index contributed by atoms with van der Waals surface area (Å²) in [5.41, 5.74) is 7.15. The lowest BCUT2D eigenvalue weighted by Gasteiger charge is -2.12. The van der Waals surface area contributed by atoms with Crippen molar-refractivity contribution in [2.24, 2.45) is 0 Å². The van der Waals surface area contributed by atoms with Crippen LogP contribution in [-0.2, 0) is 6.42 Å². The second-order valence-electron chi connectivity index (χ2n) is 7.53. The number of thiocarbonyl (C=S) groups is 1. The Balaban J connectivity index is 1.23. The number of nitrogens with one attached hydrogen (secondary N) is 3. The van der Waals surface area contributed by atoms with Crippen LogP contribution in [0.25, 0.3) is 10.8 Å². The Morgan fingerprint density at radius 3 is 2.15 bits per heavy atom. The second-order valence-corrected chi connectivity index (χ2v) is 7.94. The molecule has 0 aromatic heterocycles. The smallest absolute Gasteiger partial charge is 0.269 e. The van der Waals surface area contributed by atoms with Gasteiger partial charge in [0, 0.05) is 17.5 Å². The molecule has 0 saturated heterocycles. The van der Waals surface area contributed by atoms with Crippen LogP contribution in [-0.4, -0.2) is 23.5 Å². The Morgan fingerprint density at radius 2 is 1.38 bits per heavy atom. The Bertz CT molecular complexity index is 1310. The lowest BCUT2D eigenvalue weighted by atomic mass is 10.1. The lowest BCUT2D eigenvalue weighted by molar-refractivity contribution is 0.0934. The van der Waals surface area contributed by atoms with E-state index in [1.807, 2.05) is 48.5 Å². The van der Waals surface area contributed by atoms with E-state index >= 15 is 0 Å². The molecule has 2 amide bonds. The summed E-state index contributed by atoms with van der Waals surface area (Å²) in [7, 11) is 0. The molecule has 0 fully saturated rings. The minimum atomic E-state index is -0.395. The van der Waals surface area contributed by atoms with Crippen molar-refractivity contribution < 1.29 is 14.3 Å². The molecule has 3 N–H and O–H groups in total. The second kappa shape index (κ2) is 11.1. The summed E-state index contributed by atoms with van der Waals surface area (Å²) < 4.78 is 5.74. The number of rotatable bonds is 6. The molecular weight excluding hydrogens is 446 g/mol. The van der Waals surface area contributed by atoms with Gasteiger partial charge in [0.15, 0.2) is 5.11 Å². The van der Waals surface area contributed by atoms with Crippen LogP contribution in [0.15, 0.2) is 97.1 Å². The summed E-state index contributed by atoms with van der Waals surface area (Å²) in [5.74, 6) is -0.0801. The van der Waals surface area contributed by atoms with Crippen molar-refractivity contribution in [2.75, 3.05) is 6.61 Å². The highest BCUT2D eigenvalue weighted by Gasteiger charge is 2.10. The molecule has 0 aliphatic rings. The molecule has 34 heavy (non-hydrogen) atoms. The maximum Gasteiger partial charge on any atom is 0.269 e. The Labute approximate surface area is 202 Å². The van der Waals surface area contributed by atoms with Gasteiger partial charge in [-0.15, -0.1) is 0 Å². The van der Waals surface area contributed by atoms with Gasteiger partial charge in [-0.3, -0.25) is 25.8 Å². The molecule has 0 unspecified atom stereocenters. The molecule has 7 heteroatoms. The first-order chi connectivity index (χ1) is 16.6. The van der Waals surface area contributed by atoms with Crippen LogP contribution in [0.1, 0.15) is 26.3 Å². The molecule has 0 aliphatic carbocycles. The fraction of sp³-hybridized carbons (Fsp3) is 0.0741. The fourth-order valence-corrected chi connectivity index (χ4v) is 3.50. The number of benzene rings is 4. The average Bonchev–Trinajstić information content (AvgIpc) is 2.88. The average molecular weight is 470 g/mol. The zero-order valence-corrected chi connectivity index (χ0v) is 19.1. The molecule has 0 bridgehead atoms. The monoisotopic (exact) mass is 469 g/mol. The van der Waals surface area contributed by atoms with Crippen LogP contribution >= 0.6 is 12.2 Å². The molecule has 0 atom stereocenters. The van der Waals surface area contributed by atoms with Crippen LogP contribution in [0.2, 0.25) is 0 Å². The van der Waals surface area contributed by atoms with Crippen LogP contribution in [0.3, 0.4) is 0 Å². The molecule has 0 saturated carbocycles. The van der Waals surface area contributed by atoms with Crippen LogP contribution in [0.4, 0.5) is 0 Å². The van der Waals surface area contributed by atoms with E-state index in [0.29, 0.717) is 23.5 Å². The summed E-state index contributed by atoms with van der Waals surface area (Å²) >= 11 is 5.12. The van der Waals surface area contributed by atoms with Crippen molar-refractivity contribution in [3.63, 3.8) is 0 Å². The number of hydrogen-bond acceptors (Lipinski definition) is 4. The highest BCUT2D eigenvalue weighted by atomic mass is 32.1. The predicted molar refractivity (Wildman–Crippen MR) is 137 cm³/mol. The van der Waals surface area contributed by atoms with Crippen LogP contribution < -0.4 is 20.9 Å². The molecule has 6 nitrogen and oxygen atoms in total. The van der Waals surface area contributed by atoms with E-state index < -0.39 is 5.91 Å². The van der Waals surface area contributed by atoms with Crippen molar-refractivity contribution in [1.29, 1.82) is 0 Å². The number of ether oxygens (including phenoxy) is 1. The SMILES string of the molecule is O=C(NNC(=S)NC(=O)c1ccc(OCCc2ccccc2)cc1)c1ccc2ccccc2c1. The highest BCUT2D eigenvalue weighted by molar-refractivity contribution is 7.80. The van der Waals surface area contributed by atoms with Gasteiger partial charge in [-0.1, -0.05) is 60.7 Å². The van der Waals surface area contributed by atoms with Gasteiger partial charge in [-0.2, -0.15) is 0 Å². The molecule has 4 rings (SSSR count). The van der Waals surface area contributed by atoms with Gasteiger partial charge in [0.1, 0.15) is 5.75 Å². The van der Waals surface area contributed by atoms with Crippen molar-refractivity contribution in [3.05, 3.63) is 114 Å². The first-order valence-corrected chi connectivity index (χ1v) is 11.2. The van der Waals surface area contributed by atoms with Crippen LogP contribution in [0.5, 0.6) is 5.75 Å². The largest absolute Gasteiger partial charge is 0.493 e. The van der Waals surface area contributed by atoms with Crippen molar-refractivity contribution in [3.8, 4) is 5.75 Å². The van der Waals surface area contributed by atoms with Gasteiger partial charge >= 0.3 is 0 Å². The van der Waals surface area contributed by atoms with Gasteiger partial charge in [-0.25, -0.2) is 0 Å². The lowest BCUT2D eigenvalue weighted by Crippen LogP contribution is -2.48. The third kappa shape index (κ3) is 6.17. The minimum Gasteiger partial charge on any atom is -0.493 e. The Kier molecular flexibility index (Phi) is 7.47. The molecule has 0 spiro atoms. The molecule has 4 aromatic rings. The number of amides is 2. The molecular formula is C27H23N3O3S. The first-order valence-electron chi connectivity index (χ1n) is 10.8. The topological polar surface area (TPSA) is 79.5 Å². The summed E-state index contributed by atoms with van der Waals surface area (Å²) in [4.78, 5) is 24.8. The van der Waals surface area contributed by atoms with E-state index in [-0.39, 0.29) is 11.0 Å². The Hall–Kier alpha value is -4.23. The molecule has 170 valence electrons. The van der Waals surface area contributed by atoms with E-state index in [2.05, 4.69) is 28.3 Å². The highest BCUT2D eigenvalue weighted by Crippen LogP contribution is 2.15. The third-order valence-corrected chi connectivity index (χ3v) is 5.35. The maximum atomic E-state index is 12.4. The molecule has 0 heterocycles. The Morgan fingerprint density at radius 1 is 0.706 bits per heavy atom. The standard InChI is InChI=1S/C27H23N3O3S/c31-25(21-12-14-24(15-13-21)33-17-16-19-6-2-1-3-7-19)28-27(34)30-29-26(32)23-11-10-20-8-4-5-9-22(20)18-23/h1-15,18H,16-17H2,(H,29,32)(H2,28,30,31,34). The summed E-state index contributed by atoms with van der Waals surface area (Å²) in [6.07, 6.45) is 0.800. The number of carbonyl (C=O) groups is 2. The molecule has 0 radical (unpaired) electrons. The van der Waals surface area contributed by atoms with E-state index in [1.165, 1.54) is 5.56 Å². The summed E-state index contributed by atoms with van der Waals surface area (Å²) in [5, 5.41) is 4.53. The molecule has 0 aliphatic heterocycles. The number of carbonyl (C=O) groups excluding carboxylic acids is 2. The minimum absolute atomic E-state index is 0.0117. The molecule has 4 aromatic carbocycles. The maximum absolute atomic E-state index is 12.4. The van der Waals surface area contributed by atoms with E-state index in [1.54, 1.807) is 36.4 Å². The van der Waals surface area contributed by atoms with E-state index in [4.69, 9.17) is 17.0 Å². The van der Waals surface area contributed by atoms with Gasteiger partial charge in [0.25, 0.3) is 11.8 Å². The number of hydrogen-bond donors (Lipinski definition) is 3. The van der Waals surface area contributed by atoms with E-state index in [0.717, 1.165) is 17.2 Å². The van der Waals surface area contributed by atoms with Crippen LogP contribution in [0, 0.1) is 0 Å². The number of fused-ring (bicyclic) bond motifs is 1. The predicted octanol–water partition coefficient (Wildman–Crippen LogP) is 4.41. The summed E-state index contributed by atoms with van der Waals surface area (Å²) in [6.45, 7) is 0.542. The van der Waals surface area contributed by atoms with Crippen molar-refractivity contribution in [2.45, 2.75) is 6.42 Å². The van der Waals surface area contributed by atoms with Gasteiger partial charge < -0.3 is 4.74 Å². The van der Waals surface area contributed by atoms with Crippen molar-refractivity contribution >= 4 is 39.9 Å². The number of hydrazine groups is 1. The quantitative estimate of drug-likeness (QED) is 0.288. The van der Waals surface area contributed by atoms with Gasteiger partial charge in [0.2, 0.25) is 0 Å². The van der Waals surface area contributed by atoms with Crippen molar-refractivity contribution in [1.82, 2.24) is 16.2 Å². The van der Waals surface area contributed by atoms with Gasteiger partial charge in [-0.05, 0) is 65.0 Å². The van der Waals surface area contributed by atoms with E-state index in [9.17, 15) is 9.59 Å². The van der Waals surface area contributed by atoms with Gasteiger partial charge in [0.05, 0.1) is 6.61 Å². The third-order valence-electron chi connectivity index (χ3n) is 5.15. The first kappa shape index (κ1) is 22.9. The normalized spacial score (nSPS) is 10.4. The fourth-order valence-electron chi connectivity index (χ4n) is 3.36.